The zero-order valence-electron chi connectivity index (χ0n) is 13.8. The number of methoxy groups -OCH3 is 1. The fourth-order valence-electron chi connectivity index (χ4n) is 4.24. The van der Waals surface area contributed by atoms with E-state index < -0.39 is 0 Å². The maximum atomic E-state index is 11.7. The van der Waals surface area contributed by atoms with E-state index in [0.29, 0.717) is 5.92 Å². The van der Waals surface area contributed by atoms with E-state index in [2.05, 4.69) is 35.6 Å². The average Bonchev–Trinajstić information content (AvgIpc) is 2.66. The van der Waals surface area contributed by atoms with Crippen molar-refractivity contribution in [3.8, 4) is 5.75 Å². The second-order valence-electron chi connectivity index (χ2n) is 6.58. The van der Waals surface area contributed by atoms with Crippen molar-refractivity contribution in [2.75, 3.05) is 19.0 Å². The first-order valence-electron chi connectivity index (χ1n) is 8.52. The smallest absolute Gasteiger partial charge is 0.210 e. The molecule has 2 heterocycles. The molecule has 3 unspecified atom stereocenters. The zero-order chi connectivity index (χ0) is 16.5. The predicted octanol–water partition coefficient (Wildman–Crippen LogP) is 3.77. The Morgan fingerprint density at radius 2 is 2.04 bits per heavy atom. The fraction of sp³-hybridized carbons (Fsp3) is 0.350. The molecule has 24 heavy (non-hydrogen) atoms. The molecule has 4 heteroatoms. The number of anilines is 1. The van der Waals surface area contributed by atoms with E-state index in [1.807, 2.05) is 23.1 Å². The van der Waals surface area contributed by atoms with Crippen LogP contribution in [0.2, 0.25) is 0 Å². The van der Waals surface area contributed by atoms with Crippen LogP contribution in [-0.2, 0) is 4.79 Å². The number of benzene rings is 2. The Hall–Kier alpha value is -2.49. The van der Waals surface area contributed by atoms with Crippen molar-refractivity contribution in [3.05, 3.63) is 59.7 Å². The third-order valence-corrected chi connectivity index (χ3v) is 5.33. The standard InChI is InChI=1S/C20H22N2O2/c1-24-15-9-10-16-18(12-15)21-19(14-6-3-2-4-7-14)17-8-5-11-22(13-23)20(16)17/h2-4,6-7,9-10,12-13,17,19-21H,5,8,11H2,1H3. The lowest BCUT2D eigenvalue weighted by molar-refractivity contribution is -0.123. The maximum Gasteiger partial charge on any atom is 0.210 e. The van der Waals surface area contributed by atoms with Crippen LogP contribution in [0.5, 0.6) is 5.75 Å². The molecule has 2 aliphatic rings. The minimum Gasteiger partial charge on any atom is -0.497 e. The number of ether oxygens (including phenoxy) is 1. The molecule has 1 saturated heterocycles. The summed E-state index contributed by atoms with van der Waals surface area (Å²) in [4.78, 5) is 13.6. The summed E-state index contributed by atoms with van der Waals surface area (Å²) in [5.41, 5.74) is 3.53. The Balaban J connectivity index is 1.82. The summed E-state index contributed by atoms with van der Waals surface area (Å²) in [6.45, 7) is 0.831. The molecule has 0 spiro atoms. The Labute approximate surface area is 142 Å². The van der Waals surface area contributed by atoms with Crippen molar-refractivity contribution in [1.82, 2.24) is 4.90 Å². The Bertz CT molecular complexity index is 732. The lowest BCUT2D eigenvalue weighted by atomic mass is 9.74. The number of hydrogen-bond acceptors (Lipinski definition) is 3. The number of nitrogens with one attached hydrogen (secondary N) is 1. The van der Waals surface area contributed by atoms with Crippen LogP contribution in [0.3, 0.4) is 0 Å². The van der Waals surface area contributed by atoms with Gasteiger partial charge in [0.15, 0.2) is 0 Å². The quantitative estimate of drug-likeness (QED) is 0.875. The normalized spacial score (nSPS) is 25.2. The van der Waals surface area contributed by atoms with Gasteiger partial charge in [-0.05, 0) is 30.0 Å². The third-order valence-electron chi connectivity index (χ3n) is 5.33. The average molecular weight is 322 g/mol. The van der Waals surface area contributed by atoms with Gasteiger partial charge in [0.05, 0.1) is 19.2 Å². The summed E-state index contributed by atoms with van der Waals surface area (Å²) >= 11 is 0. The highest BCUT2D eigenvalue weighted by atomic mass is 16.5. The molecule has 124 valence electrons. The van der Waals surface area contributed by atoms with Crippen LogP contribution in [-0.4, -0.2) is 25.0 Å². The first kappa shape index (κ1) is 15.1. The number of likely N-dealkylation sites (tertiary alicyclic amines) is 1. The third kappa shape index (κ3) is 2.42. The van der Waals surface area contributed by atoms with Crippen molar-refractivity contribution >= 4 is 12.1 Å². The first-order chi connectivity index (χ1) is 11.8. The number of carbonyl (C=O) groups is 1. The molecule has 0 radical (unpaired) electrons. The van der Waals surface area contributed by atoms with E-state index in [4.69, 9.17) is 4.74 Å². The maximum absolute atomic E-state index is 11.7. The van der Waals surface area contributed by atoms with E-state index in [0.717, 1.165) is 37.2 Å². The monoisotopic (exact) mass is 322 g/mol. The van der Waals surface area contributed by atoms with E-state index in [9.17, 15) is 4.79 Å². The number of carbonyl (C=O) groups excluding carboxylic acids is 1. The van der Waals surface area contributed by atoms with Crippen LogP contribution in [0.1, 0.15) is 36.1 Å². The molecule has 1 N–H and O–H groups in total. The van der Waals surface area contributed by atoms with Crippen LogP contribution >= 0.6 is 0 Å². The van der Waals surface area contributed by atoms with Crippen molar-refractivity contribution in [1.29, 1.82) is 0 Å². The molecule has 0 aromatic heterocycles. The molecule has 4 rings (SSSR count). The van der Waals surface area contributed by atoms with Crippen molar-refractivity contribution in [3.63, 3.8) is 0 Å². The highest BCUT2D eigenvalue weighted by Gasteiger charge is 2.42. The Morgan fingerprint density at radius 1 is 1.21 bits per heavy atom. The fourth-order valence-corrected chi connectivity index (χ4v) is 4.24. The van der Waals surface area contributed by atoms with Crippen molar-refractivity contribution in [2.24, 2.45) is 5.92 Å². The molecule has 0 bridgehead atoms. The van der Waals surface area contributed by atoms with Crippen LogP contribution in [0, 0.1) is 5.92 Å². The Morgan fingerprint density at radius 3 is 2.79 bits per heavy atom. The van der Waals surface area contributed by atoms with Gasteiger partial charge in [-0.25, -0.2) is 0 Å². The lowest BCUT2D eigenvalue weighted by Crippen LogP contribution is -2.44. The second-order valence-corrected chi connectivity index (χ2v) is 6.58. The van der Waals surface area contributed by atoms with Gasteiger partial charge >= 0.3 is 0 Å². The summed E-state index contributed by atoms with van der Waals surface area (Å²) in [5, 5.41) is 3.71. The number of fused-ring (bicyclic) bond motifs is 3. The highest BCUT2D eigenvalue weighted by Crippen LogP contribution is 2.50. The minimum atomic E-state index is 0.128. The molecular weight excluding hydrogens is 300 g/mol. The second kappa shape index (κ2) is 6.19. The lowest BCUT2D eigenvalue weighted by Gasteiger charge is -2.48. The molecule has 1 amide bonds. The number of hydrogen-bond donors (Lipinski definition) is 1. The number of rotatable bonds is 3. The molecule has 3 atom stereocenters. The van der Waals surface area contributed by atoms with Crippen LogP contribution in [0.15, 0.2) is 48.5 Å². The molecule has 0 aliphatic carbocycles. The molecule has 2 aromatic carbocycles. The van der Waals surface area contributed by atoms with Gasteiger partial charge in [-0.15, -0.1) is 0 Å². The van der Waals surface area contributed by atoms with Gasteiger partial charge in [-0.2, -0.15) is 0 Å². The van der Waals surface area contributed by atoms with Gasteiger partial charge in [0.1, 0.15) is 5.75 Å². The van der Waals surface area contributed by atoms with E-state index in [1.165, 1.54) is 11.1 Å². The molecular formula is C20H22N2O2. The molecule has 4 nitrogen and oxygen atoms in total. The molecule has 0 saturated carbocycles. The summed E-state index contributed by atoms with van der Waals surface area (Å²) in [6.07, 6.45) is 3.18. The van der Waals surface area contributed by atoms with Crippen LogP contribution in [0.25, 0.3) is 0 Å². The van der Waals surface area contributed by atoms with Gasteiger partial charge in [-0.3, -0.25) is 4.79 Å². The minimum absolute atomic E-state index is 0.128. The highest BCUT2D eigenvalue weighted by molar-refractivity contribution is 5.62. The predicted molar refractivity (Wildman–Crippen MR) is 94.0 cm³/mol. The topological polar surface area (TPSA) is 41.6 Å². The van der Waals surface area contributed by atoms with Crippen molar-refractivity contribution < 1.29 is 9.53 Å². The zero-order valence-corrected chi connectivity index (χ0v) is 13.8. The van der Waals surface area contributed by atoms with Gasteiger partial charge in [0.25, 0.3) is 0 Å². The van der Waals surface area contributed by atoms with E-state index in [1.54, 1.807) is 7.11 Å². The van der Waals surface area contributed by atoms with E-state index >= 15 is 0 Å². The molecule has 2 aromatic rings. The van der Waals surface area contributed by atoms with Gasteiger partial charge in [-0.1, -0.05) is 36.4 Å². The van der Waals surface area contributed by atoms with Gasteiger partial charge in [0, 0.05) is 24.2 Å². The summed E-state index contributed by atoms with van der Waals surface area (Å²) < 4.78 is 5.39. The first-order valence-corrected chi connectivity index (χ1v) is 8.52. The van der Waals surface area contributed by atoms with Crippen LogP contribution in [0.4, 0.5) is 5.69 Å². The Kier molecular flexibility index (Phi) is 3.89. The summed E-state index contributed by atoms with van der Waals surface area (Å²) in [6, 6.07) is 17.0. The molecule has 1 fully saturated rings. The summed E-state index contributed by atoms with van der Waals surface area (Å²) in [7, 11) is 1.68. The largest absolute Gasteiger partial charge is 0.497 e. The number of amides is 1. The van der Waals surface area contributed by atoms with Crippen LogP contribution < -0.4 is 10.1 Å². The van der Waals surface area contributed by atoms with Crippen molar-refractivity contribution in [2.45, 2.75) is 24.9 Å². The van der Waals surface area contributed by atoms with Gasteiger partial charge < -0.3 is 15.0 Å². The van der Waals surface area contributed by atoms with Gasteiger partial charge in [0.2, 0.25) is 6.41 Å². The molecule has 2 aliphatic heterocycles. The number of nitrogens with zero attached hydrogens (tertiary/aromatic N) is 1. The van der Waals surface area contributed by atoms with E-state index in [-0.39, 0.29) is 12.1 Å². The summed E-state index contributed by atoms with van der Waals surface area (Å²) in [5.74, 6) is 1.22. The SMILES string of the molecule is COc1ccc2c(c1)NC(c1ccccc1)C1CCCN(C=O)C21. The number of piperidine rings is 1.